The average Bonchev–Trinajstić information content (AvgIpc) is 2.80. The summed E-state index contributed by atoms with van der Waals surface area (Å²) < 4.78 is 0.838. The molecular weight excluding hydrogens is 372 g/mol. The quantitative estimate of drug-likeness (QED) is 0.639. The second-order valence-electron chi connectivity index (χ2n) is 5.92. The molecule has 0 radical (unpaired) electrons. The fourth-order valence-corrected chi connectivity index (χ4v) is 3.70. The monoisotopic (exact) mass is 386 g/mol. The molecular formula is C23H15BrO. The molecule has 0 atom stereocenters. The van der Waals surface area contributed by atoms with E-state index in [0.717, 1.165) is 37.9 Å². The van der Waals surface area contributed by atoms with E-state index in [1.807, 2.05) is 48.6 Å². The number of allylic oxidation sites excluding steroid dienone is 9. The molecule has 0 bridgehead atoms. The summed E-state index contributed by atoms with van der Waals surface area (Å²) in [7, 11) is 0. The van der Waals surface area contributed by atoms with Gasteiger partial charge < -0.3 is 0 Å². The zero-order valence-corrected chi connectivity index (χ0v) is 15.0. The normalized spacial score (nSPS) is 16.0. The van der Waals surface area contributed by atoms with Crippen molar-refractivity contribution >= 4 is 27.3 Å². The first kappa shape index (κ1) is 15.8. The fourth-order valence-electron chi connectivity index (χ4n) is 3.17. The van der Waals surface area contributed by atoms with Gasteiger partial charge in [0.15, 0.2) is 5.78 Å². The minimum absolute atomic E-state index is 0.0463. The zero-order chi connectivity index (χ0) is 17.2. The van der Waals surface area contributed by atoms with Gasteiger partial charge in [0.25, 0.3) is 0 Å². The third-order valence-electron chi connectivity index (χ3n) is 4.32. The van der Waals surface area contributed by atoms with Gasteiger partial charge in [0.1, 0.15) is 0 Å². The summed E-state index contributed by atoms with van der Waals surface area (Å²) >= 11 is 3.53. The lowest BCUT2D eigenvalue weighted by Crippen LogP contribution is -1.94. The summed E-state index contributed by atoms with van der Waals surface area (Å²) in [5.41, 5.74) is 6.21. The number of hydrogen-bond donors (Lipinski definition) is 0. The van der Waals surface area contributed by atoms with Crippen molar-refractivity contribution in [1.29, 1.82) is 0 Å². The van der Waals surface area contributed by atoms with Crippen molar-refractivity contribution < 1.29 is 4.79 Å². The molecule has 0 heterocycles. The minimum Gasteiger partial charge on any atom is -0.289 e. The van der Waals surface area contributed by atoms with Gasteiger partial charge >= 0.3 is 0 Å². The second kappa shape index (κ2) is 6.66. The van der Waals surface area contributed by atoms with Crippen LogP contribution < -0.4 is 0 Å². The SMILES string of the molecule is O=C1C=C(Br)C2=CC(=C(c3ccccc3)c3ccccc3)C=CC=C12. The van der Waals surface area contributed by atoms with E-state index in [-0.39, 0.29) is 5.78 Å². The van der Waals surface area contributed by atoms with E-state index in [4.69, 9.17) is 0 Å². The van der Waals surface area contributed by atoms with Crippen LogP contribution in [0.1, 0.15) is 11.1 Å². The van der Waals surface area contributed by atoms with Crippen molar-refractivity contribution in [3.8, 4) is 0 Å². The summed E-state index contributed by atoms with van der Waals surface area (Å²) in [6, 6.07) is 20.7. The number of rotatable bonds is 2. The van der Waals surface area contributed by atoms with Gasteiger partial charge in [-0.15, -0.1) is 0 Å². The molecule has 0 unspecified atom stereocenters. The average molecular weight is 387 g/mol. The van der Waals surface area contributed by atoms with Crippen LogP contribution in [0.25, 0.3) is 5.57 Å². The molecule has 0 amide bonds. The summed E-state index contributed by atoms with van der Waals surface area (Å²) in [6.07, 6.45) is 9.65. The van der Waals surface area contributed by atoms with Crippen LogP contribution >= 0.6 is 15.9 Å². The van der Waals surface area contributed by atoms with Crippen LogP contribution in [0.3, 0.4) is 0 Å². The van der Waals surface area contributed by atoms with Gasteiger partial charge in [0, 0.05) is 21.7 Å². The predicted octanol–water partition coefficient (Wildman–Crippen LogP) is 5.77. The van der Waals surface area contributed by atoms with Crippen molar-refractivity contribution in [3.05, 3.63) is 123 Å². The fraction of sp³-hybridized carbons (Fsp3) is 0. The lowest BCUT2D eigenvalue weighted by Gasteiger charge is -2.12. The van der Waals surface area contributed by atoms with Crippen LogP contribution in [0.15, 0.2) is 112 Å². The van der Waals surface area contributed by atoms with Crippen LogP contribution in [0, 0.1) is 0 Å². The van der Waals surface area contributed by atoms with Crippen molar-refractivity contribution in [1.82, 2.24) is 0 Å². The Bertz CT molecular complexity index is 945. The van der Waals surface area contributed by atoms with Crippen molar-refractivity contribution in [2.45, 2.75) is 0 Å². The summed E-state index contributed by atoms with van der Waals surface area (Å²) in [6.45, 7) is 0. The number of fused-ring (bicyclic) bond motifs is 1. The highest BCUT2D eigenvalue weighted by atomic mass is 79.9. The Morgan fingerprint density at radius 1 is 0.760 bits per heavy atom. The van der Waals surface area contributed by atoms with E-state index < -0.39 is 0 Å². The molecule has 2 heteroatoms. The first-order chi connectivity index (χ1) is 12.2. The third kappa shape index (κ3) is 3.01. The van der Waals surface area contributed by atoms with Gasteiger partial charge in [-0.05, 0) is 28.3 Å². The number of carbonyl (C=O) groups excluding carboxylic acids is 1. The Morgan fingerprint density at radius 3 is 1.96 bits per heavy atom. The molecule has 0 saturated heterocycles. The summed E-state index contributed by atoms with van der Waals surface area (Å²) in [5.74, 6) is 0.0463. The predicted molar refractivity (Wildman–Crippen MR) is 106 cm³/mol. The van der Waals surface area contributed by atoms with Crippen LogP contribution in [0.4, 0.5) is 0 Å². The van der Waals surface area contributed by atoms with Gasteiger partial charge in [-0.2, -0.15) is 0 Å². The number of halogens is 1. The first-order valence-corrected chi connectivity index (χ1v) is 8.91. The van der Waals surface area contributed by atoms with Crippen molar-refractivity contribution in [3.63, 3.8) is 0 Å². The van der Waals surface area contributed by atoms with Crippen LogP contribution in [0.5, 0.6) is 0 Å². The molecule has 0 N–H and O–H groups in total. The molecule has 2 aromatic carbocycles. The zero-order valence-electron chi connectivity index (χ0n) is 13.4. The Balaban J connectivity index is 1.97. The highest BCUT2D eigenvalue weighted by Gasteiger charge is 2.24. The Morgan fingerprint density at radius 2 is 1.36 bits per heavy atom. The maximum absolute atomic E-state index is 12.1. The molecule has 1 nitrogen and oxygen atoms in total. The van der Waals surface area contributed by atoms with Crippen LogP contribution in [-0.4, -0.2) is 5.78 Å². The number of hydrogen-bond acceptors (Lipinski definition) is 1. The highest BCUT2D eigenvalue weighted by molar-refractivity contribution is 9.12. The van der Waals surface area contributed by atoms with E-state index in [0.29, 0.717) is 0 Å². The molecule has 2 aliphatic rings. The molecule has 0 aliphatic heterocycles. The van der Waals surface area contributed by atoms with Crippen LogP contribution in [0.2, 0.25) is 0 Å². The molecule has 0 fully saturated rings. The van der Waals surface area contributed by atoms with Crippen molar-refractivity contribution in [2.75, 3.05) is 0 Å². The standard InChI is InChI=1S/C23H15BrO/c24-21-15-22(25)19-13-7-12-18(14-20(19)21)23(16-8-3-1-4-9-16)17-10-5-2-6-11-17/h1-15H. The first-order valence-electron chi connectivity index (χ1n) is 8.11. The van der Waals surface area contributed by atoms with Gasteiger partial charge in [0.2, 0.25) is 0 Å². The summed E-state index contributed by atoms with van der Waals surface area (Å²) in [4.78, 5) is 12.1. The molecule has 120 valence electrons. The third-order valence-corrected chi connectivity index (χ3v) is 4.98. The Hall–Kier alpha value is -2.71. The topological polar surface area (TPSA) is 17.1 Å². The Kier molecular flexibility index (Phi) is 4.21. The summed E-state index contributed by atoms with van der Waals surface area (Å²) in [5, 5.41) is 0. The largest absolute Gasteiger partial charge is 0.289 e. The maximum Gasteiger partial charge on any atom is 0.187 e. The van der Waals surface area contributed by atoms with Gasteiger partial charge in [-0.1, -0.05) is 94.8 Å². The second-order valence-corrected chi connectivity index (χ2v) is 6.77. The molecule has 25 heavy (non-hydrogen) atoms. The van der Waals surface area contributed by atoms with Gasteiger partial charge in [-0.25, -0.2) is 0 Å². The number of ketones is 1. The van der Waals surface area contributed by atoms with E-state index in [9.17, 15) is 4.79 Å². The van der Waals surface area contributed by atoms with Crippen LogP contribution in [-0.2, 0) is 4.79 Å². The molecule has 0 spiro atoms. The van der Waals surface area contributed by atoms with Crippen molar-refractivity contribution in [2.24, 2.45) is 0 Å². The molecule has 0 aromatic heterocycles. The van der Waals surface area contributed by atoms with Gasteiger partial charge in [-0.3, -0.25) is 4.79 Å². The molecule has 2 aromatic rings. The van der Waals surface area contributed by atoms with E-state index in [1.54, 1.807) is 6.08 Å². The maximum atomic E-state index is 12.1. The number of benzene rings is 2. The highest BCUT2D eigenvalue weighted by Crippen LogP contribution is 2.37. The van der Waals surface area contributed by atoms with E-state index >= 15 is 0 Å². The van der Waals surface area contributed by atoms with E-state index in [2.05, 4.69) is 52.3 Å². The minimum atomic E-state index is 0.0463. The lowest BCUT2D eigenvalue weighted by molar-refractivity contribution is -0.110. The number of carbonyl (C=O) groups is 1. The smallest absolute Gasteiger partial charge is 0.187 e. The Labute approximate surface area is 155 Å². The van der Waals surface area contributed by atoms with E-state index in [1.165, 1.54) is 0 Å². The molecule has 4 rings (SSSR count). The molecule has 2 aliphatic carbocycles. The van der Waals surface area contributed by atoms with Gasteiger partial charge in [0.05, 0.1) is 0 Å². The lowest BCUT2D eigenvalue weighted by atomic mass is 9.92. The molecule has 0 saturated carbocycles.